The average molecular weight is 438 g/mol. The lowest BCUT2D eigenvalue weighted by Gasteiger charge is -2.11. The van der Waals surface area contributed by atoms with Crippen LogP contribution >= 0.6 is 21.6 Å². The van der Waals surface area contributed by atoms with E-state index in [9.17, 15) is 18.4 Å². The molecule has 8 heteroatoms. The van der Waals surface area contributed by atoms with E-state index in [1.54, 1.807) is 0 Å². The van der Waals surface area contributed by atoms with E-state index in [1.165, 1.54) is 36.4 Å². The summed E-state index contributed by atoms with van der Waals surface area (Å²) in [6, 6.07) is 7.41. The molecule has 0 bridgehead atoms. The van der Waals surface area contributed by atoms with Crippen LogP contribution in [-0.4, -0.2) is 22.9 Å². The first-order valence-corrected chi connectivity index (χ1v) is 11.7. The molecule has 2 aromatic carbocycles. The fourth-order valence-electron chi connectivity index (χ4n) is 3.08. The molecule has 1 aliphatic rings. The van der Waals surface area contributed by atoms with Gasteiger partial charge in [0.15, 0.2) is 0 Å². The summed E-state index contributed by atoms with van der Waals surface area (Å²) in [5.74, 6) is -1.47. The Morgan fingerprint density at radius 3 is 2.66 bits per heavy atom. The number of hydrogen-bond donors (Lipinski definition) is 1. The molecule has 154 valence electrons. The van der Waals surface area contributed by atoms with Crippen molar-refractivity contribution in [2.75, 3.05) is 5.75 Å². The Hall–Kier alpha value is -2.06. The summed E-state index contributed by atoms with van der Waals surface area (Å²) in [5.41, 5.74) is 5.83. The van der Waals surface area contributed by atoms with Crippen LogP contribution in [0.3, 0.4) is 0 Å². The maximum Gasteiger partial charge on any atom is 0.311 e. The molecule has 0 aliphatic carbocycles. The SMILES string of the molecule is NC(=O)c1cc(-c2ccc(F)cc2F)ccc1OC(=O)CCCC[C@H]1CCSS1. The van der Waals surface area contributed by atoms with Crippen LogP contribution in [-0.2, 0) is 4.79 Å². The molecule has 1 aliphatic heterocycles. The van der Waals surface area contributed by atoms with Crippen molar-refractivity contribution in [2.45, 2.75) is 37.4 Å². The normalized spacial score (nSPS) is 16.0. The molecule has 1 saturated heterocycles. The van der Waals surface area contributed by atoms with E-state index in [2.05, 4.69) is 0 Å². The van der Waals surface area contributed by atoms with Crippen molar-refractivity contribution in [3.63, 3.8) is 0 Å². The van der Waals surface area contributed by atoms with Crippen molar-refractivity contribution < 1.29 is 23.1 Å². The highest BCUT2D eigenvalue weighted by Crippen LogP contribution is 2.40. The lowest BCUT2D eigenvalue weighted by atomic mass is 10.0. The summed E-state index contributed by atoms with van der Waals surface area (Å²) in [7, 11) is 3.80. The number of unbranched alkanes of at least 4 members (excludes halogenated alkanes) is 1. The molecule has 0 unspecified atom stereocenters. The highest BCUT2D eigenvalue weighted by Gasteiger charge is 2.18. The summed E-state index contributed by atoms with van der Waals surface area (Å²) >= 11 is 0. The van der Waals surface area contributed by atoms with Gasteiger partial charge in [0.1, 0.15) is 17.4 Å². The fraction of sp³-hybridized carbons (Fsp3) is 0.333. The molecular formula is C21H21F2NO3S2. The Morgan fingerprint density at radius 1 is 1.14 bits per heavy atom. The second kappa shape index (κ2) is 10.1. The minimum Gasteiger partial charge on any atom is -0.426 e. The van der Waals surface area contributed by atoms with Crippen molar-refractivity contribution in [1.82, 2.24) is 0 Å². The Kier molecular flexibility index (Phi) is 7.55. The molecule has 0 aromatic heterocycles. The van der Waals surface area contributed by atoms with Gasteiger partial charge in [0.05, 0.1) is 5.56 Å². The summed E-state index contributed by atoms with van der Waals surface area (Å²) in [4.78, 5) is 24.0. The maximum atomic E-state index is 14.0. The number of carbonyl (C=O) groups excluding carboxylic acids is 2. The number of ether oxygens (including phenoxy) is 1. The van der Waals surface area contributed by atoms with Gasteiger partial charge in [-0.25, -0.2) is 8.78 Å². The Morgan fingerprint density at radius 2 is 1.97 bits per heavy atom. The molecule has 0 spiro atoms. The highest BCUT2D eigenvalue weighted by atomic mass is 33.1. The van der Waals surface area contributed by atoms with Gasteiger partial charge < -0.3 is 10.5 Å². The molecule has 29 heavy (non-hydrogen) atoms. The number of benzene rings is 2. The first-order chi connectivity index (χ1) is 13.9. The molecule has 1 atom stereocenters. The Labute approximate surface area is 176 Å². The predicted octanol–water partition coefficient (Wildman–Crippen LogP) is 5.35. The van der Waals surface area contributed by atoms with Gasteiger partial charge in [-0.3, -0.25) is 9.59 Å². The third-order valence-corrected chi connectivity index (χ3v) is 7.60. The van der Waals surface area contributed by atoms with Crippen LogP contribution in [0, 0.1) is 11.6 Å². The minimum absolute atomic E-state index is 0.0287. The second-order valence-corrected chi connectivity index (χ2v) is 9.54. The number of primary amides is 1. The molecule has 2 aromatic rings. The Balaban J connectivity index is 1.64. The molecule has 1 fully saturated rings. The number of carbonyl (C=O) groups is 2. The van der Waals surface area contributed by atoms with Crippen LogP contribution in [0.2, 0.25) is 0 Å². The van der Waals surface area contributed by atoms with E-state index in [4.69, 9.17) is 10.5 Å². The second-order valence-electron chi connectivity index (χ2n) is 6.75. The van der Waals surface area contributed by atoms with Crippen molar-refractivity contribution in [3.05, 3.63) is 53.6 Å². The molecule has 2 N–H and O–H groups in total. The van der Waals surface area contributed by atoms with Gasteiger partial charge in [0, 0.05) is 29.1 Å². The summed E-state index contributed by atoms with van der Waals surface area (Å²) in [6.07, 6.45) is 4.19. The van der Waals surface area contributed by atoms with E-state index >= 15 is 0 Å². The van der Waals surface area contributed by atoms with Gasteiger partial charge in [-0.2, -0.15) is 0 Å². The first-order valence-electron chi connectivity index (χ1n) is 9.32. The lowest BCUT2D eigenvalue weighted by molar-refractivity contribution is -0.134. The zero-order chi connectivity index (χ0) is 20.8. The molecule has 0 radical (unpaired) electrons. The molecule has 0 saturated carbocycles. The molecular weight excluding hydrogens is 416 g/mol. The van der Waals surface area contributed by atoms with Crippen molar-refractivity contribution in [3.8, 4) is 16.9 Å². The standard InChI is InChI=1S/C21H21F2NO3S2/c22-14-6-7-16(18(23)12-14)13-5-8-19(17(11-13)21(24)26)27-20(25)4-2-1-3-15-9-10-28-29-15/h5-8,11-12,15H,1-4,9-10H2,(H2,24,26)/t15-/m0/s1. The van der Waals surface area contributed by atoms with E-state index < -0.39 is 23.5 Å². The molecule has 3 rings (SSSR count). The number of halogens is 2. The van der Waals surface area contributed by atoms with E-state index in [-0.39, 0.29) is 23.3 Å². The van der Waals surface area contributed by atoms with Crippen molar-refractivity contribution >= 4 is 33.5 Å². The van der Waals surface area contributed by atoms with Crippen LogP contribution < -0.4 is 10.5 Å². The van der Waals surface area contributed by atoms with E-state index in [1.807, 2.05) is 21.6 Å². The summed E-state index contributed by atoms with van der Waals surface area (Å²) in [5, 5.41) is 0.664. The quantitative estimate of drug-likeness (QED) is 0.261. The zero-order valence-electron chi connectivity index (χ0n) is 15.7. The number of hydrogen-bond acceptors (Lipinski definition) is 5. The average Bonchev–Trinajstić information content (AvgIpc) is 3.19. The number of esters is 1. The van der Waals surface area contributed by atoms with Crippen molar-refractivity contribution in [2.24, 2.45) is 5.73 Å². The molecule has 1 heterocycles. The van der Waals surface area contributed by atoms with Crippen LogP contribution in [0.1, 0.15) is 42.5 Å². The third kappa shape index (κ3) is 5.96. The van der Waals surface area contributed by atoms with Gasteiger partial charge in [-0.15, -0.1) is 0 Å². The largest absolute Gasteiger partial charge is 0.426 e. The molecule has 4 nitrogen and oxygen atoms in total. The monoisotopic (exact) mass is 437 g/mol. The molecule has 1 amide bonds. The highest BCUT2D eigenvalue weighted by molar-refractivity contribution is 8.77. The van der Waals surface area contributed by atoms with Crippen LogP contribution in [0.25, 0.3) is 11.1 Å². The van der Waals surface area contributed by atoms with Crippen molar-refractivity contribution in [1.29, 1.82) is 0 Å². The minimum atomic E-state index is -0.798. The zero-order valence-corrected chi connectivity index (χ0v) is 17.3. The third-order valence-electron chi connectivity index (χ3n) is 4.60. The van der Waals surface area contributed by atoms with Crippen LogP contribution in [0.5, 0.6) is 5.75 Å². The number of rotatable bonds is 8. The maximum absolute atomic E-state index is 14.0. The Bertz CT molecular complexity index is 901. The predicted molar refractivity (Wildman–Crippen MR) is 113 cm³/mol. The van der Waals surface area contributed by atoms with Gasteiger partial charge >= 0.3 is 5.97 Å². The lowest BCUT2D eigenvalue weighted by Crippen LogP contribution is -2.16. The first kappa shape index (κ1) is 21.6. The summed E-state index contributed by atoms with van der Waals surface area (Å²) < 4.78 is 32.5. The van der Waals surface area contributed by atoms with E-state index in [0.29, 0.717) is 17.2 Å². The smallest absolute Gasteiger partial charge is 0.311 e. The number of nitrogens with two attached hydrogens (primary N) is 1. The van der Waals surface area contributed by atoms with Gasteiger partial charge in [-0.1, -0.05) is 34.1 Å². The van der Waals surface area contributed by atoms with Gasteiger partial charge in [-0.05, 0) is 49.1 Å². The summed E-state index contributed by atoms with van der Waals surface area (Å²) in [6.45, 7) is 0. The van der Waals surface area contributed by atoms with E-state index in [0.717, 1.165) is 25.0 Å². The van der Waals surface area contributed by atoms with Gasteiger partial charge in [0.25, 0.3) is 5.91 Å². The fourth-order valence-corrected chi connectivity index (χ4v) is 6.11. The number of amides is 1. The van der Waals surface area contributed by atoms with Crippen LogP contribution in [0.4, 0.5) is 8.78 Å². The topological polar surface area (TPSA) is 69.4 Å². The van der Waals surface area contributed by atoms with Gasteiger partial charge in [0.2, 0.25) is 0 Å². The van der Waals surface area contributed by atoms with Crippen LogP contribution in [0.15, 0.2) is 36.4 Å².